The quantitative estimate of drug-likeness (QED) is 0.653. The van der Waals surface area contributed by atoms with E-state index in [1.165, 1.54) is 0 Å². The molecule has 0 aromatic heterocycles. The summed E-state index contributed by atoms with van der Waals surface area (Å²) in [7, 11) is 0. The van der Waals surface area contributed by atoms with Gasteiger partial charge in [0.05, 0.1) is 0 Å². The van der Waals surface area contributed by atoms with Crippen LogP contribution in [0.2, 0.25) is 0 Å². The Labute approximate surface area is 95.4 Å². The van der Waals surface area contributed by atoms with Gasteiger partial charge in [-0.2, -0.15) is 11.8 Å². The molecule has 4 nitrogen and oxygen atoms in total. The summed E-state index contributed by atoms with van der Waals surface area (Å²) >= 11 is 1.81. The molecule has 1 atom stereocenters. The maximum absolute atomic E-state index is 11.1. The second-order valence-electron chi connectivity index (χ2n) is 3.63. The number of hydrogen-bond donors (Lipinski definition) is 2. The van der Waals surface area contributed by atoms with Crippen LogP contribution in [0.3, 0.4) is 0 Å². The Kier molecular flexibility index (Phi) is 6.05. The third kappa shape index (κ3) is 4.40. The second-order valence-corrected chi connectivity index (χ2v) is 5.02. The lowest BCUT2D eigenvalue weighted by atomic mass is 10.1. The summed E-state index contributed by atoms with van der Waals surface area (Å²) in [5, 5.41) is 12.4. The number of rotatable bonds is 6. The smallest absolute Gasteiger partial charge is 0.320 e. The molecule has 88 valence electrons. The van der Waals surface area contributed by atoms with Gasteiger partial charge in [-0.25, -0.2) is 0 Å². The highest BCUT2D eigenvalue weighted by Crippen LogP contribution is 2.11. The van der Waals surface area contributed by atoms with Gasteiger partial charge in [0.2, 0.25) is 0 Å². The molecule has 1 unspecified atom stereocenters. The van der Waals surface area contributed by atoms with Crippen molar-refractivity contribution in [1.29, 1.82) is 0 Å². The van der Waals surface area contributed by atoms with Crippen molar-refractivity contribution in [3.8, 4) is 0 Å². The minimum atomic E-state index is -0.673. The molecule has 0 amide bonds. The maximum atomic E-state index is 11.1. The molecule has 1 heterocycles. The molecular weight excluding hydrogens is 212 g/mol. The molecule has 2 N–H and O–H groups in total. The van der Waals surface area contributed by atoms with Gasteiger partial charge in [0, 0.05) is 26.2 Å². The Morgan fingerprint density at radius 2 is 2.20 bits per heavy atom. The van der Waals surface area contributed by atoms with Crippen molar-refractivity contribution in [3.05, 3.63) is 0 Å². The number of nitrogens with one attached hydrogen (secondary N) is 1. The first-order valence-electron chi connectivity index (χ1n) is 5.51. The predicted molar refractivity (Wildman–Crippen MR) is 63.5 cm³/mol. The molecule has 15 heavy (non-hydrogen) atoms. The van der Waals surface area contributed by atoms with Gasteiger partial charge in [-0.1, -0.05) is 6.92 Å². The van der Waals surface area contributed by atoms with E-state index in [0.717, 1.165) is 44.1 Å². The van der Waals surface area contributed by atoms with Crippen LogP contribution < -0.4 is 5.32 Å². The van der Waals surface area contributed by atoms with Crippen LogP contribution in [0, 0.1) is 0 Å². The molecule has 0 bridgehead atoms. The summed E-state index contributed by atoms with van der Waals surface area (Å²) in [6.45, 7) is 5.63. The van der Waals surface area contributed by atoms with Crippen molar-refractivity contribution in [3.63, 3.8) is 0 Å². The number of thioether (sulfide) groups is 1. The van der Waals surface area contributed by atoms with Gasteiger partial charge in [0.1, 0.15) is 6.04 Å². The summed E-state index contributed by atoms with van der Waals surface area (Å²) in [4.78, 5) is 13.2. The molecule has 0 spiro atoms. The lowest BCUT2D eigenvalue weighted by Crippen LogP contribution is -2.51. The number of aliphatic carboxylic acids is 1. The first-order valence-corrected chi connectivity index (χ1v) is 6.66. The molecule has 0 aliphatic carbocycles. The van der Waals surface area contributed by atoms with E-state index >= 15 is 0 Å². The number of nitrogens with zero attached hydrogens (tertiary/aromatic N) is 1. The number of hydrogen-bond acceptors (Lipinski definition) is 4. The fourth-order valence-electron chi connectivity index (χ4n) is 1.80. The van der Waals surface area contributed by atoms with Gasteiger partial charge < -0.3 is 10.4 Å². The van der Waals surface area contributed by atoms with E-state index in [9.17, 15) is 4.79 Å². The first kappa shape index (κ1) is 12.8. The van der Waals surface area contributed by atoms with Gasteiger partial charge in [-0.15, -0.1) is 0 Å². The fourth-order valence-corrected chi connectivity index (χ4v) is 2.47. The van der Waals surface area contributed by atoms with Gasteiger partial charge in [-0.3, -0.25) is 9.69 Å². The van der Waals surface area contributed by atoms with E-state index in [0.29, 0.717) is 0 Å². The standard InChI is InChI=1S/C10H20N2O2S/c1-2-15-8-3-9(10(13)14)12-6-4-11-5-7-12/h9,11H,2-8H2,1H3,(H,13,14). The van der Waals surface area contributed by atoms with Crippen LogP contribution in [0.15, 0.2) is 0 Å². The Bertz CT molecular complexity index is 196. The van der Waals surface area contributed by atoms with Gasteiger partial charge in [0.15, 0.2) is 0 Å². The van der Waals surface area contributed by atoms with E-state index in [4.69, 9.17) is 5.11 Å². The average molecular weight is 232 g/mol. The van der Waals surface area contributed by atoms with E-state index in [1.54, 1.807) is 0 Å². The van der Waals surface area contributed by atoms with E-state index in [1.807, 2.05) is 11.8 Å². The summed E-state index contributed by atoms with van der Waals surface area (Å²) in [6.07, 6.45) is 0.758. The molecule has 1 aliphatic heterocycles. The molecule has 0 aromatic rings. The Morgan fingerprint density at radius 3 is 2.73 bits per heavy atom. The Morgan fingerprint density at radius 1 is 1.53 bits per heavy atom. The van der Waals surface area contributed by atoms with Crippen LogP contribution in [-0.4, -0.2) is 59.7 Å². The second kappa shape index (κ2) is 7.09. The van der Waals surface area contributed by atoms with Crippen molar-refractivity contribution < 1.29 is 9.90 Å². The lowest BCUT2D eigenvalue weighted by molar-refractivity contribution is -0.143. The summed E-state index contributed by atoms with van der Waals surface area (Å²) < 4.78 is 0. The van der Waals surface area contributed by atoms with Crippen molar-refractivity contribution in [2.75, 3.05) is 37.7 Å². The van der Waals surface area contributed by atoms with Gasteiger partial charge >= 0.3 is 5.97 Å². The highest BCUT2D eigenvalue weighted by atomic mass is 32.2. The largest absolute Gasteiger partial charge is 0.480 e. The minimum absolute atomic E-state index is 0.286. The van der Waals surface area contributed by atoms with Gasteiger partial charge in [0.25, 0.3) is 0 Å². The Hall–Kier alpha value is -0.260. The highest BCUT2D eigenvalue weighted by molar-refractivity contribution is 7.99. The van der Waals surface area contributed by atoms with Crippen LogP contribution in [0.1, 0.15) is 13.3 Å². The zero-order valence-corrected chi connectivity index (χ0v) is 10.1. The Balaban J connectivity index is 2.37. The zero-order chi connectivity index (χ0) is 11.1. The summed E-state index contributed by atoms with van der Waals surface area (Å²) in [5.74, 6) is 1.33. The lowest BCUT2D eigenvalue weighted by Gasteiger charge is -2.32. The zero-order valence-electron chi connectivity index (χ0n) is 9.24. The van der Waals surface area contributed by atoms with Crippen LogP contribution in [-0.2, 0) is 4.79 Å². The molecule has 0 radical (unpaired) electrons. The van der Waals surface area contributed by atoms with Crippen molar-refractivity contribution in [2.45, 2.75) is 19.4 Å². The highest BCUT2D eigenvalue weighted by Gasteiger charge is 2.25. The third-order valence-electron chi connectivity index (χ3n) is 2.62. The van der Waals surface area contributed by atoms with Gasteiger partial charge in [-0.05, 0) is 17.9 Å². The molecule has 1 saturated heterocycles. The van der Waals surface area contributed by atoms with Crippen LogP contribution in [0.25, 0.3) is 0 Å². The minimum Gasteiger partial charge on any atom is -0.480 e. The molecule has 5 heteroatoms. The number of piperazine rings is 1. The van der Waals surface area contributed by atoms with Crippen molar-refractivity contribution >= 4 is 17.7 Å². The molecule has 0 aromatic carbocycles. The van der Waals surface area contributed by atoms with Crippen LogP contribution in [0.5, 0.6) is 0 Å². The molecular formula is C10H20N2O2S. The summed E-state index contributed by atoms with van der Waals surface area (Å²) in [5.41, 5.74) is 0. The van der Waals surface area contributed by atoms with Crippen LogP contribution in [0.4, 0.5) is 0 Å². The fraction of sp³-hybridized carbons (Fsp3) is 0.900. The third-order valence-corrected chi connectivity index (χ3v) is 3.55. The van der Waals surface area contributed by atoms with E-state index in [2.05, 4.69) is 17.1 Å². The monoisotopic (exact) mass is 232 g/mol. The molecule has 1 aliphatic rings. The molecule has 0 saturated carbocycles. The molecule has 1 fully saturated rings. The number of carboxylic acid groups (broad SMARTS) is 1. The summed E-state index contributed by atoms with van der Waals surface area (Å²) in [6, 6.07) is -0.286. The topological polar surface area (TPSA) is 52.6 Å². The first-order chi connectivity index (χ1) is 7.25. The normalized spacial score (nSPS) is 20.1. The predicted octanol–water partition coefficient (Wildman–Crippen LogP) is 0.488. The van der Waals surface area contributed by atoms with E-state index < -0.39 is 5.97 Å². The van der Waals surface area contributed by atoms with Crippen molar-refractivity contribution in [1.82, 2.24) is 10.2 Å². The number of carboxylic acids is 1. The SMILES string of the molecule is CCSCCC(C(=O)O)N1CCNCC1. The number of carbonyl (C=O) groups is 1. The average Bonchev–Trinajstić information content (AvgIpc) is 2.25. The van der Waals surface area contributed by atoms with Crippen LogP contribution >= 0.6 is 11.8 Å². The molecule has 1 rings (SSSR count). The maximum Gasteiger partial charge on any atom is 0.320 e. The van der Waals surface area contributed by atoms with Crippen molar-refractivity contribution in [2.24, 2.45) is 0 Å². The van der Waals surface area contributed by atoms with E-state index in [-0.39, 0.29) is 6.04 Å².